The average molecular weight is 450 g/mol. The summed E-state index contributed by atoms with van der Waals surface area (Å²) in [5.41, 5.74) is 8.49. The number of rotatable bonds is 4. The van der Waals surface area contributed by atoms with Crippen LogP contribution in [0.25, 0.3) is 32.7 Å². The van der Waals surface area contributed by atoms with Gasteiger partial charge in [-0.1, -0.05) is 97.1 Å². The molecule has 1 nitrogen and oxygen atoms in total. The number of hydrogen-bond acceptors (Lipinski definition) is 1. The van der Waals surface area contributed by atoms with Gasteiger partial charge < -0.3 is 4.90 Å². The molecule has 0 atom stereocenters. The molecule has 0 aliphatic heterocycles. The Kier molecular flexibility index (Phi) is 5.31. The summed E-state index contributed by atoms with van der Waals surface area (Å²) in [5.74, 6) is 0. The van der Waals surface area contributed by atoms with Gasteiger partial charge in [-0.2, -0.15) is 0 Å². The van der Waals surface area contributed by atoms with Crippen LogP contribution in [0.1, 0.15) is 11.1 Å². The van der Waals surface area contributed by atoms with Gasteiger partial charge in [0.25, 0.3) is 0 Å². The van der Waals surface area contributed by atoms with E-state index in [9.17, 15) is 0 Å². The number of anilines is 3. The van der Waals surface area contributed by atoms with Crippen LogP contribution in [0.4, 0.5) is 17.1 Å². The maximum absolute atomic E-state index is 2.41. The van der Waals surface area contributed by atoms with Crippen LogP contribution in [-0.4, -0.2) is 0 Å². The molecule has 0 radical (unpaired) electrons. The standard InChI is InChI=1S/C34H27N/c1-24-10-7-15-28(22-24)35(29-16-8-11-25(2)23-29)33-21-20-27-13-4-6-18-31(27)34(33)32-19-9-14-26-12-3-5-17-30(26)32/h3-23H,1-2H3. The Hall–Kier alpha value is -4.36. The maximum Gasteiger partial charge on any atom is 0.0546 e. The van der Waals surface area contributed by atoms with Crippen molar-refractivity contribution in [1.82, 2.24) is 0 Å². The molecule has 35 heavy (non-hydrogen) atoms. The average Bonchev–Trinajstić information content (AvgIpc) is 2.89. The second-order valence-corrected chi connectivity index (χ2v) is 9.22. The summed E-state index contributed by atoms with van der Waals surface area (Å²) >= 11 is 0. The lowest BCUT2D eigenvalue weighted by Crippen LogP contribution is -2.12. The Labute approximate surface area is 206 Å². The first-order valence-corrected chi connectivity index (χ1v) is 12.1. The first-order valence-electron chi connectivity index (χ1n) is 12.1. The van der Waals surface area contributed by atoms with Crippen molar-refractivity contribution in [1.29, 1.82) is 0 Å². The van der Waals surface area contributed by atoms with E-state index >= 15 is 0 Å². The van der Waals surface area contributed by atoms with Gasteiger partial charge in [-0.3, -0.25) is 0 Å². The van der Waals surface area contributed by atoms with Gasteiger partial charge >= 0.3 is 0 Å². The monoisotopic (exact) mass is 449 g/mol. The molecule has 0 aliphatic carbocycles. The quantitative estimate of drug-likeness (QED) is 0.259. The Morgan fingerprint density at radius 3 is 1.66 bits per heavy atom. The fourth-order valence-corrected chi connectivity index (χ4v) is 5.13. The van der Waals surface area contributed by atoms with Gasteiger partial charge in [-0.25, -0.2) is 0 Å². The second-order valence-electron chi connectivity index (χ2n) is 9.22. The summed E-state index contributed by atoms with van der Waals surface area (Å²) in [6, 6.07) is 46.1. The molecular formula is C34H27N. The number of nitrogens with zero attached hydrogens (tertiary/aromatic N) is 1. The Balaban J connectivity index is 1.74. The molecule has 0 aromatic heterocycles. The second kappa shape index (κ2) is 8.77. The van der Waals surface area contributed by atoms with Gasteiger partial charge in [0.15, 0.2) is 0 Å². The number of benzene rings is 6. The summed E-state index contributed by atoms with van der Waals surface area (Å²) in [5, 5.41) is 5.02. The molecule has 0 amide bonds. The molecule has 0 aliphatic rings. The number of aryl methyl sites for hydroxylation is 2. The molecular weight excluding hydrogens is 422 g/mol. The van der Waals surface area contributed by atoms with E-state index in [0.717, 1.165) is 11.4 Å². The van der Waals surface area contributed by atoms with Crippen LogP contribution in [0.15, 0.2) is 127 Å². The minimum Gasteiger partial charge on any atom is -0.310 e. The first kappa shape index (κ1) is 21.2. The van der Waals surface area contributed by atoms with Crippen molar-refractivity contribution >= 4 is 38.6 Å². The lowest BCUT2D eigenvalue weighted by molar-refractivity contribution is 1.26. The van der Waals surface area contributed by atoms with Crippen LogP contribution in [0, 0.1) is 13.8 Å². The fraction of sp³-hybridized carbons (Fsp3) is 0.0588. The summed E-state index contributed by atoms with van der Waals surface area (Å²) in [6.45, 7) is 4.31. The molecule has 0 spiro atoms. The molecule has 0 saturated carbocycles. The molecule has 0 N–H and O–H groups in total. The summed E-state index contributed by atoms with van der Waals surface area (Å²) in [7, 11) is 0. The molecule has 0 heterocycles. The third-order valence-electron chi connectivity index (χ3n) is 6.73. The van der Waals surface area contributed by atoms with Crippen molar-refractivity contribution in [2.45, 2.75) is 13.8 Å². The maximum atomic E-state index is 2.41. The summed E-state index contributed by atoms with van der Waals surface area (Å²) < 4.78 is 0. The topological polar surface area (TPSA) is 3.24 Å². The molecule has 6 aromatic rings. The highest BCUT2D eigenvalue weighted by molar-refractivity contribution is 6.11. The van der Waals surface area contributed by atoms with E-state index in [2.05, 4.69) is 146 Å². The van der Waals surface area contributed by atoms with Crippen LogP contribution in [-0.2, 0) is 0 Å². The third kappa shape index (κ3) is 3.86. The van der Waals surface area contributed by atoms with Gasteiger partial charge in [0.1, 0.15) is 0 Å². The highest BCUT2D eigenvalue weighted by Gasteiger charge is 2.20. The molecule has 0 bridgehead atoms. The fourth-order valence-electron chi connectivity index (χ4n) is 5.13. The van der Waals surface area contributed by atoms with Crippen molar-refractivity contribution in [2.75, 3.05) is 4.90 Å². The highest BCUT2D eigenvalue weighted by atomic mass is 15.1. The van der Waals surface area contributed by atoms with Gasteiger partial charge in [0.05, 0.1) is 5.69 Å². The number of hydrogen-bond donors (Lipinski definition) is 0. The number of fused-ring (bicyclic) bond motifs is 2. The van der Waals surface area contributed by atoms with Crippen LogP contribution in [0.2, 0.25) is 0 Å². The van der Waals surface area contributed by atoms with Crippen LogP contribution in [0.5, 0.6) is 0 Å². The Morgan fingerprint density at radius 1 is 0.457 bits per heavy atom. The van der Waals surface area contributed by atoms with Crippen LogP contribution in [0.3, 0.4) is 0 Å². The zero-order valence-corrected chi connectivity index (χ0v) is 20.1. The van der Waals surface area contributed by atoms with Crippen molar-refractivity contribution in [3.8, 4) is 11.1 Å². The Bertz CT molecular complexity index is 1630. The smallest absolute Gasteiger partial charge is 0.0546 e. The van der Waals surface area contributed by atoms with Gasteiger partial charge in [-0.15, -0.1) is 0 Å². The predicted molar refractivity (Wildman–Crippen MR) is 151 cm³/mol. The normalized spacial score (nSPS) is 11.1. The first-order chi connectivity index (χ1) is 17.2. The third-order valence-corrected chi connectivity index (χ3v) is 6.73. The van der Waals surface area contributed by atoms with E-state index in [1.165, 1.54) is 49.5 Å². The Morgan fingerprint density at radius 2 is 1.00 bits per heavy atom. The molecule has 0 fully saturated rings. The van der Waals surface area contributed by atoms with E-state index in [1.807, 2.05) is 0 Å². The van der Waals surface area contributed by atoms with E-state index < -0.39 is 0 Å². The van der Waals surface area contributed by atoms with E-state index in [0.29, 0.717) is 0 Å². The van der Waals surface area contributed by atoms with Crippen LogP contribution < -0.4 is 4.90 Å². The minimum atomic E-state index is 1.16. The van der Waals surface area contributed by atoms with Gasteiger partial charge in [0, 0.05) is 16.9 Å². The van der Waals surface area contributed by atoms with Gasteiger partial charge in [-0.05, 0) is 82.4 Å². The molecule has 168 valence electrons. The SMILES string of the molecule is Cc1cccc(N(c2cccc(C)c2)c2ccc3ccccc3c2-c2cccc3ccccc23)c1. The van der Waals surface area contributed by atoms with Crippen molar-refractivity contribution in [3.05, 3.63) is 139 Å². The zero-order valence-electron chi connectivity index (χ0n) is 20.1. The molecule has 6 rings (SSSR count). The molecule has 6 aromatic carbocycles. The predicted octanol–water partition coefficient (Wildman–Crippen LogP) is 9.75. The highest BCUT2D eigenvalue weighted by Crippen LogP contribution is 2.46. The molecule has 0 saturated heterocycles. The van der Waals surface area contributed by atoms with Crippen molar-refractivity contribution in [3.63, 3.8) is 0 Å². The minimum absolute atomic E-state index is 1.16. The lowest BCUT2D eigenvalue weighted by Gasteiger charge is -2.29. The largest absolute Gasteiger partial charge is 0.310 e. The van der Waals surface area contributed by atoms with Crippen LogP contribution >= 0.6 is 0 Å². The van der Waals surface area contributed by atoms with E-state index in [4.69, 9.17) is 0 Å². The summed E-state index contributed by atoms with van der Waals surface area (Å²) in [6.07, 6.45) is 0. The van der Waals surface area contributed by atoms with Gasteiger partial charge in [0.2, 0.25) is 0 Å². The van der Waals surface area contributed by atoms with Crippen molar-refractivity contribution < 1.29 is 0 Å². The summed E-state index contributed by atoms with van der Waals surface area (Å²) in [4.78, 5) is 2.41. The van der Waals surface area contributed by atoms with Crippen molar-refractivity contribution in [2.24, 2.45) is 0 Å². The van der Waals surface area contributed by atoms with E-state index in [1.54, 1.807) is 0 Å². The zero-order chi connectivity index (χ0) is 23.8. The molecule has 1 heteroatoms. The van der Waals surface area contributed by atoms with E-state index in [-0.39, 0.29) is 0 Å². The molecule has 0 unspecified atom stereocenters. The lowest BCUT2D eigenvalue weighted by atomic mass is 9.91.